The van der Waals surface area contributed by atoms with Crippen LogP contribution in [-0.2, 0) is 4.79 Å². The summed E-state index contributed by atoms with van der Waals surface area (Å²) in [5.41, 5.74) is 3.82. The van der Waals surface area contributed by atoms with Gasteiger partial charge in [0.1, 0.15) is 11.9 Å². The van der Waals surface area contributed by atoms with E-state index >= 15 is 0 Å². The first-order valence-corrected chi connectivity index (χ1v) is 9.30. The number of rotatable bonds is 6. The summed E-state index contributed by atoms with van der Waals surface area (Å²) in [6.45, 7) is 1.52. The molecule has 3 rings (SSSR count). The molecule has 7 nitrogen and oxygen atoms in total. The van der Waals surface area contributed by atoms with E-state index in [1.165, 1.54) is 7.11 Å². The zero-order chi connectivity index (χ0) is 20.3. The first-order valence-electron chi connectivity index (χ1n) is 8.22. The number of carboxylic acids is 1. The van der Waals surface area contributed by atoms with E-state index in [2.05, 4.69) is 16.0 Å². The summed E-state index contributed by atoms with van der Waals surface area (Å²) in [6.07, 6.45) is 1.69. The number of aromatic nitrogens is 2. The van der Waals surface area contributed by atoms with Gasteiger partial charge in [-0.05, 0) is 71.0 Å². The predicted octanol–water partition coefficient (Wildman–Crippen LogP) is 4.01. The second kappa shape index (κ2) is 8.31. The second-order valence-corrected chi connectivity index (χ2v) is 7.15. The van der Waals surface area contributed by atoms with Crippen LogP contribution in [0.15, 0.2) is 30.3 Å². The lowest BCUT2D eigenvalue weighted by molar-refractivity contribution is -0.139. The SMILES string of the molecule is COc1cc(C=C(C#N)c2nc3ccc(C)cc3[nH]2)cc(I)c1OCC(=O)O. The number of aliphatic carboxylic acids is 1. The number of hydrogen-bond acceptors (Lipinski definition) is 5. The molecular formula is C20H16IN3O4. The van der Waals surface area contributed by atoms with Crippen molar-refractivity contribution in [1.82, 2.24) is 9.97 Å². The van der Waals surface area contributed by atoms with E-state index in [0.29, 0.717) is 32.0 Å². The summed E-state index contributed by atoms with van der Waals surface area (Å²) < 4.78 is 11.3. The van der Waals surface area contributed by atoms with Crippen LogP contribution in [0.1, 0.15) is 17.0 Å². The van der Waals surface area contributed by atoms with E-state index in [4.69, 9.17) is 14.6 Å². The summed E-state index contributed by atoms with van der Waals surface area (Å²) in [6, 6.07) is 11.5. The summed E-state index contributed by atoms with van der Waals surface area (Å²) in [7, 11) is 1.47. The number of halogens is 1. The summed E-state index contributed by atoms with van der Waals surface area (Å²) in [4.78, 5) is 18.4. The molecule has 28 heavy (non-hydrogen) atoms. The van der Waals surface area contributed by atoms with Gasteiger partial charge >= 0.3 is 5.97 Å². The van der Waals surface area contributed by atoms with Crippen molar-refractivity contribution in [1.29, 1.82) is 5.26 Å². The van der Waals surface area contributed by atoms with Gasteiger partial charge in [0.2, 0.25) is 0 Å². The lowest BCUT2D eigenvalue weighted by Gasteiger charge is -2.12. The third kappa shape index (κ3) is 4.26. The lowest BCUT2D eigenvalue weighted by atomic mass is 10.1. The number of nitriles is 1. The third-order valence-electron chi connectivity index (χ3n) is 3.92. The normalized spacial score (nSPS) is 11.3. The van der Waals surface area contributed by atoms with Crippen molar-refractivity contribution < 1.29 is 19.4 Å². The number of ether oxygens (including phenoxy) is 2. The molecule has 1 heterocycles. The van der Waals surface area contributed by atoms with E-state index in [1.54, 1.807) is 18.2 Å². The van der Waals surface area contributed by atoms with Crippen LogP contribution in [0.2, 0.25) is 0 Å². The van der Waals surface area contributed by atoms with Crippen molar-refractivity contribution in [2.75, 3.05) is 13.7 Å². The van der Waals surface area contributed by atoms with Crippen LogP contribution in [0.5, 0.6) is 11.5 Å². The number of allylic oxidation sites excluding steroid dienone is 1. The fourth-order valence-electron chi connectivity index (χ4n) is 2.67. The highest BCUT2D eigenvalue weighted by Crippen LogP contribution is 2.35. The molecule has 0 saturated heterocycles. The number of carbonyl (C=O) groups is 1. The van der Waals surface area contributed by atoms with E-state index in [0.717, 1.165) is 16.6 Å². The maximum atomic E-state index is 10.8. The van der Waals surface area contributed by atoms with Gasteiger partial charge < -0.3 is 19.6 Å². The van der Waals surface area contributed by atoms with Gasteiger partial charge in [-0.2, -0.15) is 5.26 Å². The summed E-state index contributed by atoms with van der Waals surface area (Å²) in [5, 5.41) is 18.4. The number of fused-ring (bicyclic) bond motifs is 1. The molecule has 0 saturated carbocycles. The number of nitrogens with one attached hydrogen (secondary N) is 1. The van der Waals surface area contributed by atoms with Crippen LogP contribution in [-0.4, -0.2) is 34.8 Å². The number of aromatic amines is 1. The number of imidazole rings is 1. The van der Waals surface area contributed by atoms with Crippen LogP contribution in [0, 0.1) is 21.8 Å². The number of carboxylic acid groups (broad SMARTS) is 1. The minimum Gasteiger partial charge on any atom is -0.493 e. The number of methoxy groups -OCH3 is 1. The van der Waals surface area contributed by atoms with Crippen molar-refractivity contribution >= 4 is 51.2 Å². The number of benzene rings is 2. The Morgan fingerprint density at radius 1 is 1.39 bits per heavy atom. The fourth-order valence-corrected chi connectivity index (χ4v) is 3.45. The molecule has 0 amide bonds. The Morgan fingerprint density at radius 2 is 2.18 bits per heavy atom. The maximum absolute atomic E-state index is 10.8. The maximum Gasteiger partial charge on any atom is 0.341 e. The first-order chi connectivity index (χ1) is 13.4. The molecule has 2 aromatic carbocycles. The highest BCUT2D eigenvalue weighted by molar-refractivity contribution is 14.1. The summed E-state index contributed by atoms with van der Waals surface area (Å²) in [5.74, 6) is 0.134. The van der Waals surface area contributed by atoms with Crippen molar-refractivity contribution in [2.24, 2.45) is 0 Å². The van der Waals surface area contributed by atoms with E-state index in [1.807, 2.05) is 47.7 Å². The van der Waals surface area contributed by atoms with Gasteiger partial charge in [0.15, 0.2) is 18.1 Å². The molecule has 0 fully saturated rings. The number of H-pyrrole nitrogens is 1. The molecule has 0 atom stereocenters. The van der Waals surface area contributed by atoms with Crippen molar-refractivity contribution in [3.8, 4) is 17.6 Å². The quantitative estimate of drug-likeness (QED) is 0.400. The average molecular weight is 489 g/mol. The molecule has 0 unspecified atom stereocenters. The Bertz CT molecular complexity index is 1130. The smallest absolute Gasteiger partial charge is 0.341 e. The van der Waals surface area contributed by atoms with Gasteiger partial charge in [-0.3, -0.25) is 0 Å². The topological polar surface area (TPSA) is 108 Å². The van der Waals surface area contributed by atoms with Crippen LogP contribution in [0.3, 0.4) is 0 Å². The summed E-state index contributed by atoms with van der Waals surface area (Å²) >= 11 is 2.04. The Kier molecular flexibility index (Phi) is 5.84. The predicted molar refractivity (Wildman–Crippen MR) is 113 cm³/mol. The zero-order valence-electron chi connectivity index (χ0n) is 15.1. The number of hydrogen-bond donors (Lipinski definition) is 2. The van der Waals surface area contributed by atoms with Crippen LogP contribution < -0.4 is 9.47 Å². The van der Waals surface area contributed by atoms with Gasteiger partial charge in [-0.15, -0.1) is 0 Å². The average Bonchev–Trinajstić information content (AvgIpc) is 3.07. The standard InChI is InChI=1S/C20H16IN3O4/c1-11-3-4-15-16(5-11)24-20(23-15)13(9-22)6-12-7-14(21)19(17(8-12)27-2)28-10-18(25)26/h3-8H,10H2,1-2H3,(H,23,24)(H,25,26). The highest BCUT2D eigenvalue weighted by atomic mass is 127. The molecule has 0 radical (unpaired) electrons. The molecule has 0 bridgehead atoms. The molecule has 0 aliphatic rings. The molecular weight excluding hydrogens is 473 g/mol. The van der Waals surface area contributed by atoms with Gasteiger partial charge in [0.05, 0.1) is 27.3 Å². The number of aryl methyl sites for hydroxylation is 1. The van der Waals surface area contributed by atoms with Crippen molar-refractivity contribution in [3.05, 3.63) is 50.9 Å². The van der Waals surface area contributed by atoms with Crippen molar-refractivity contribution in [2.45, 2.75) is 6.92 Å². The van der Waals surface area contributed by atoms with Gasteiger partial charge in [-0.25, -0.2) is 9.78 Å². The molecule has 0 spiro atoms. The van der Waals surface area contributed by atoms with Crippen LogP contribution in [0.4, 0.5) is 0 Å². The monoisotopic (exact) mass is 489 g/mol. The van der Waals surface area contributed by atoms with E-state index in [-0.39, 0.29) is 0 Å². The third-order valence-corrected chi connectivity index (χ3v) is 4.72. The van der Waals surface area contributed by atoms with E-state index < -0.39 is 12.6 Å². The minimum absolute atomic E-state index is 0.348. The van der Waals surface area contributed by atoms with Crippen LogP contribution >= 0.6 is 22.6 Å². The molecule has 1 aromatic heterocycles. The molecule has 0 aliphatic heterocycles. The van der Waals surface area contributed by atoms with Gasteiger partial charge in [0, 0.05) is 0 Å². The largest absolute Gasteiger partial charge is 0.493 e. The van der Waals surface area contributed by atoms with Gasteiger partial charge in [-0.1, -0.05) is 6.07 Å². The van der Waals surface area contributed by atoms with E-state index in [9.17, 15) is 10.1 Å². The highest BCUT2D eigenvalue weighted by Gasteiger charge is 2.14. The number of nitrogens with zero attached hydrogens (tertiary/aromatic N) is 2. The first kappa shape index (κ1) is 19.7. The second-order valence-electron chi connectivity index (χ2n) is 5.99. The molecule has 0 aliphatic carbocycles. The Morgan fingerprint density at radius 3 is 2.86 bits per heavy atom. The molecule has 142 valence electrons. The Labute approximate surface area is 174 Å². The Hall–Kier alpha value is -3.06. The van der Waals surface area contributed by atoms with Crippen molar-refractivity contribution in [3.63, 3.8) is 0 Å². The molecule has 2 N–H and O–H groups in total. The molecule has 3 aromatic rings. The molecule has 8 heteroatoms. The Balaban J connectivity index is 2.00. The minimum atomic E-state index is -1.08. The fraction of sp³-hybridized carbons (Fsp3) is 0.150. The lowest BCUT2D eigenvalue weighted by Crippen LogP contribution is -2.11. The zero-order valence-corrected chi connectivity index (χ0v) is 17.3. The van der Waals surface area contributed by atoms with Crippen LogP contribution in [0.25, 0.3) is 22.7 Å². The van der Waals surface area contributed by atoms with Gasteiger partial charge in [0.25, 0.3) is 0 Å².